The van der Waals surface area contributed by atoms with E-state index < -0.39 is 0 Å². The minimum absolute atomic E-state index is 0.0185. The summed E-state index contributed by atoms with van der Waals surface area (Å²) in [4.78, 5) is 16.1. The van der Waals surface area contributed by atoms with Gasteiger partial charge in [-0.25, -0.2) is 4.98 Å². The zero-order valence-electron chi connectivity index (χ0n) is 9.15. The molecule has 0 aliphatic carbocycles. The van der Waals surface area contributed by atoms with Gasteiger partial charge in [-0.15, -0.1) is 0 Å². The molecule has 0 fully saturated rings. The minimum Gasteiger partial charge on any atom is -0.308 e. The van der Waals surface area contributed by atoms with Gasteiger partial charge >= 0.3 is 0 Å². The maximum absolute atomic E-state index is 11.9. The maximum atomic E-state index is 11.9. The Hall–Kier alpha value is -1.13. The molecule has 3 nitrogen and oxygen atoms in total. The van der Waals surface area contributed by atoms with Crippen LogP contribution in [-0.2, 0) is 6.54 Å². The van der Waals surface area contributed by atoms with Crippen molar-refractivity contribution in [3.8, 4) is 0 Å². The molecule has 17 heavy (non-hydrogen) atoms. The Morgan fingerprint density at radius 1 is 1.47 bits per heavy atom. The van der Waals surface area contributed by atoms with Gasteiger partial charge in [-0.2, -0.15) is 0 Å². The van der Waals surface area contributed by atoms with Gasteiger partial charge in [0.2, 0.25) is 0 Å². The summed E-state index contributed by atoms with van der Waals surface area (Å²) in [5.74, 6) is 0. The third-order valence-electron chi connectivity index (χ3n) is 2.34. The molecule has 0 spiro atoms. The molecule has 2 heterocycles. The third kappa shape index (κ3) is 2.96. The van der Waals surface area contributed by atoms with Crippen molar-refractivity contribution in [3.63, 3.8) is 0 Å². The van der Waals surface area contributed by atoms with Crippen LogP contribution in [0, 0.1) is 6.92 Å². The highest BCUT2D eigenvalue weighted by molar-refractivity contribution is 9.10. The molecule has 88 valence electrons. The quantitative estimate of drug-likeness (QED) is 0.799. The lowest BCUT2D eigenvalue weighted by molar-refractivity contribution is 0.730. The monoisotopic (exact) mass is 312 g/mol. The summed E-state index contributed by atoms with van der Waals surface area (Å²) in [5.41, 5.74) is 1.44. The van der Waals surface area contributed by atoms with Crippen molar-refractivity contribution >= 4 is 27.5 Å². The van der Waals surface area contributed by atoms with Crippen LogP contribution in [0.3, 0.4) is 0 Å². The molecule has 0 aromatic carbocycles. The van der Waals surface area contributed by atoms with Crippen molar-refractivity contribution in [1.29, 1.82) is 0 Å². The average molecular weight is 314 g/mol. The molecule has 5 heteroatoms. The van der Waals surface area contributed by atoms with Gasteiger partial charge in [-0.05, 0) is 41.1 Å². The number of aryl methyl sites for hydroxylation is 1. The van der Waals surface area contributed by atoms with Crippen LogP contribution in [-0.4, -0.2) is 9.55 Å². The van der Waals surface area contributed by atoms with Crippen molar-refractivity contribution in [2.75, 3.05) is 0 Å². The van der Waals surface area contributed by atoms with Crippen LogP contribution in [0.5, 0.6) is 0 Å². The van der Waals surface area contributed by atoms with E-state index in [9.17, 15) is 4.79 Å². The summed E-state index contributed by atoms with van der Waals surface area (Å²) in [7, 11) is 0. The van der Waals surface area contributed by atoms with Crippen LogP contribution < -0.4 is 5.56 Å². The molecule has 0 atom stereocenters. The number of halogens is 2. The molecule has 0 bridgehead atoms. The van der Waals surface area contributed by atoms with Crippen LogP contribution in [0.15, 0.2) is 39.7 Å². The second-order valence-electron chi connectivity index (χ2n) is 3.73. The van der Waals surface area contributed by atoms with Crippen LogP contribution in [0.25, 0.3) is 0 Å². The van der Waals surface area contributed by atoms with Gasteiger partial charge in [0.05, 0.1) is 12.2 Å². The Morgan fingerprint density at radius 3 is 2.94 bits per heavy atom. The van der Waals surface area contributed by atoms with Crippen LogP contribution in [0.4, 0.5) is 0 Å². The van der Waals surface area contributed by atoms with E-state index in [1.165, 1.54) is 0 Å². The minimum atomic E-state index is -0.0185. The van der Waals surface area contributed by atoms with E-state index in [4.69, 9.17) is 11.6 Å². The Kier molecular flexibility index (Phi) is 3.64. The summed E-state index contributed by atoms with van der Waals surface area (Å²) in [6.07, 6.45) is 1.75. The van der Waals surface area contributed by atoms with Gasteiger partial charge in [0, 0.05) is 16.2 Å². The van der Waals surface area contributed by atoms with E-state index in [1.807, 2.05) is 12.1 Å². The summed E-state index contributed by atoms with van der Waals surface area (Å²) in [5, 5.41) is 0.433. The van der Waals surface area contributed by atoms with Crippen molar-refractivity contribution in [2.45, 2.75) is 13.5 Å². The highest BCUT2D eigenvalue weighted by atomic mass is 79.9. The van der Waals surface area contributed by atoms with Crippen molar-refractivity contribution < 1.29 is 0 Å². The van der Waals surface area contributed by atoms with E-state index in [1.54, 1.807) is 29.8 Å². The van der Waals surface area contributed by atoms with Gasteiger partial charge in [0.15, 0.2) is 0 Å². The molecule has 0 aliphatic heterocycles. The highest BCUT2D eigenvalue weighted by Crippen LogP contribution is 2.10. The second-order valence-corrected chi connectivity index (χ2v) is 5.03. The average Bonchev–Trinajstić information content (AvgIpc) is 2.25. The molecular formula is C12H10BrClN2O. The fraction of sp³-hybridized carbons (Fsp3) is 0.167. The molecule has 0 saturated carbocycles. The van der Waals surface area contributed by atoms with E-state index in [2.05, 4.69) is 20.9 Å². The fourth-order valence-corrected chi connectivity index (χ4v) is 2.34. The lowest BCUT2D eigenvalue weighted by atomic mass is 10.3. The van der Waals surface area contributed by atoms with Crippen molar-refractivity contribution in [2.24, 2.45) is 0 Å². The molecule has 0 radical (unpaired) electrons. The number of hydrogen-bond donors (Lipinski definition) is 0. The van der Waals surface area contributed by atoms with E-state index in [0.717, 1.165) is 10.2 Å². The Bertz CT molecular complexity index is 610. The van der Waals surface area contributed by atoms with Gasteiger partial charge < -0.3 is 4.57 Å². The zero-order chi connectivity index (χ0) is 12.4. The molecule has 0 N–H and O–H groups in total. The molecule has 0 unspecified atom stereocenters. The van der Waals surface area contributed by atoms with Crippen molar-refractivity contribution in [3.05, 3.63) is 61.7 Å². The van der Waals surface area contributed by atoms with Gasteiger partial charge in [-0.1, -0.05) is 17.7 Å². The van der Waals surface area contributed by atoms with Gasteiger partial charge in [0.25, 0.3) is 5.56 Å². The second kappa shape index (κ2) is 5.02. The SMILES string of the molecule is Cc1cc(Br)cn(Cc2cccc(Cl)n2)c1=O. The van der Waals surface area contributed by atoms with E-state index in [-0.39, 0.29) is 5.56 Å². The molecule has 0 amide bonds. The highest BCUT2D eigenvalue weighted by Gasteiger charge is 2.04. The van der Waals surface area contributed by atoms with Crippen LogP contribution in [0.2, 0.25) is 5.15 Å². The van der Waals surface area contributed by atoms with Crippen molar-refractivity contribution in [1.82, 2.24) is 9.55 Å². The topological polar surface area (TPSA) is 34.9 Å². The first kappa shape index (κ1) is 12.3. The van der Waals surface area contributed by atoms with Crippen LogP contribution in [0.1, 0.15) is 11.3 Å². The first-order chi connectivity index (χ1) is 8.06. The molecule has 2 rings (SSSR count). The smallest absolute Gasteiger partial charge is 0.253 e. The Balaban J connectivity index is 2.40. The number of nitrogens with zero attached hydrogens (tertiary/aromatic N) is 2. The number of pyridine rings is 2. The van der Waals surface area contributed by atoms with Crippen LogP contribution >= 0.6 is 27.5 Å². The zero-order valence-corrected chi connectivity index (χ0v) is 11.5. The molecule has 2 aromatic rings. The first-order valence-corrected chi connectivity index (χ1v) is 6.21. The third-order valence-corrected chi connectivity index (χ3v) is 2.98. The molecule has 2 aromatic heterocycles. The predicted octanol–water partition coefficient (Wildman–Crippen LogP) is 3.02. The Labute approximate surface area is 112 Å². The van der Waals surface area contributed by atoms with E-state index in [0.29, 0.717) is 17.3 Å². The summed E-state index contributed by atoms with van der Waals surface area (Å²) in [6.45, 7) is 2.20. The summed E-state index contributed by atoms with van der Waals surface area (Å²) < 4.78 is 2.48. The number of aromatic nitrogens is 2. The lowest BCUT2D eigenvalue weighted by Gasteiger charge is -2.07. The predicted molar refractivity (Wildman–Crippen MR) is 71.5 cm³/mol. The summed E-state index contributed by atoms with van der Waals surface area (Å²) >= 11 is 9.17. The van der Waals surface area contributed by atoms with Gasteiger partial charge in [-0.3, -0.25) is 4.79 Å². The number of hydrogen-bond acceptors (Lipinski definition) is 2. The molecular weight excluding hydrogens is 304 g/mol. The standard InChI is InChI=1S/C12H10BrClN2O/c1-8-5-9(13)6-16(12(8)17)7-10-3-2-4-11(14)15-10/h2-6H,7H2,1H3. The summed E-state index contributed by atoms with van der Waals surface area (Å²) in [6, 6.07) is 7.17. The number of rotatable bonds is 2. The fourth-order valence-electron chi connectivity index (χ4n) is 1.57. The Morgan fingerprint density at radius 2 is 2.24 bits per heavy atom. The normalized spacial score (nSPS) is 10.5. The largest absolute Gasteiger partial charge is 0.308 e. The van der Waals surface area contributed by atoms with Gasteiger partial charge in [0.1, 0.15) is 5.15 Å². The van der Waals surface area contributed by atoms with E-state index >= 15 is 0 Å². The maximum Gasteiger partial charge on any atom is 0.253 e. The molecule has 0 aliphatic rings. The first-order valence-electron chi connectivity index (χ1n) is 5.04. The lowest BCUT2D eigenvalue weighted by Crippen LogP contribution is -2.22. The molecule has 0 saturated heterocycles.